The van der Waals surface area contributed by atoms with Crippen LogP contribution in [0, 0.1) is 10.1 Å². The highest BCUT2D eigenvalue weighted by atomic mass is 32.2. The fraction of sp³-hybridized carbons (Fsp3) is 0.500. The number of anilines is 1. The molecule has 0 aromatic heterocycles. The molecule has 1 unspecified atom stereocenters. The maximum absolute atomic E-state index is 12.3. The largest absolute Gasteiger partial charge is 0.398 e. The minimum atomic E-state index is -3.87. The quantitative estimate of drug-likeness (QED) is 0.482. The second-order valence-corrected chi connectivity index (χ2v) is 8.62. The van der Waals surface area contributed by atoms with Gasteiger partial charge in [0.05, 0.1) is 10.6 Å². The van der Waals surface area contributed by atoms with Gasteiger partial charge in [0.25, 0.3) is 5.69 Å². The molecule has 1 aromatic rings. The van der Waals surface area contributed by atoms with Gasteiger partial charge in [0.1, 0.15) is 4.90 Å². The van der Waals surface area contributed by atoms with Crippen LogP contribution < -0.4 is 10.5 Å². The second-order valence-electron chi connectivity index (χ2n) is 5.21. The molecule has 0 aliphatic carbocycles. The molecular formula is C12H17N3O4S2. The van der Waals surface area contributed by atoms with Gasteiger partial charge in [-0.1, -0.05) is 0 Å². The highest BCUT2D eigenvalue weighted by molar-refractivity contribution is 8.01. The van der Waals surface area contributed by atoms with Crippen molar-refractivity contribution < 1.29 is 13.3 Å². The molecule has 1 saturated heterocycles. The average molecular weight is 331 g/mol. The van der Waals surface area contributed by atoms with Gasteiger partial charge in [0.2, 0.25) is 10.0 Å². The first-order chi connectivity index (χ1) is 9.73. The van der Waals surface area contributed by atoms with Crippen LogP contribution in [0.3, 0.4) is 0 Å². The van der Waals surface area contributed by atoms with Crippen LogP contribution in [0.1, 0.15) is 19.8 Å². The van der Waals surface area contributed by atoms with Gasteiger partial charge in [0, 0.05) is 23.4 Å². The number of nitro benzene ring substituents is 1. The molecule has 21 heavy (non-hydrogen) atoms. The van der Waals surface area contributed by atoms with E-state index in [2.05, 4.69) is 4.72 Å². The van der Waals surface area contributed by atoms with Crippen LogP contribution >= 0.6 is 11.8 Å². The van der Waals surface area contributed by atoms with E-state index in [4.69, 9.17) is 5.73 Å². The number of rotatable bonds is 5. The van der Waals surface area contributed by atoms with E-state index in [0.29, 0.717) is 0 Å². The summed E-state index contributed by atoms with van der Waals surface area (Å²) in [6.45, 7) is 2.28. The van der Waals surface area contributed by atoms with E-state index < -0.39 is 14.9 Å². The maximum Gasteiger partial charge on any atom is 0.270 e. The van der Waals surface area contributed by atoms with E-state index in [1.165, 1.54) is 12.1 Å². The van der Waals surface area contributed by atoms with E-state index in [9.17, 15) is 18.5 Å². The number of benzene rings is 1. The van der Waals surface area contributed by atoms with Crippen molar-refractivity contribution in [2.75, 3.05) is 18.0 Å². The number of non-ortho nitro benzene ring substituents is 1. The molecule has 9 heteroatoms. The highest BCUT2D eigenvalue weighted by Crippen LogP contribution is 2.37. The number of hydrogen-bond donors (Lipinski definition) is 2. The SMILES string of the molecule is CC1(CNS(=O)(=O)c2cc([N+](=O)[O-])ccc2N)CCCS1. The molecule has 1 fully saturated rings. The molecular weight excluding hydrogens is 314 g/mol. The van der Waals surface area contributed by atoms with Gasteiger partial charge in [-0.25, -0.2) is 13.1 Å². The second kappa shape index (κ2) is 5.82. The molecule has 1 aliphatic heterocycles. The lowest BCUT2D eigenvalue weighted by Gasteiger charge is -2.23. The van der Waals surface area contributed by atoms with E-state index in [1.807, 2.05) is 6.92 Å². The standard InChI is InChI=1S/C12H17N3O4S2/c1-12(5-2-6-20-12)8-14-21(18,19)11-7-9(15(16)17)3-4-10(11)13/h3-4,7,14H,2,5-6,8,13H2,1H3. The first kappa shape index (κ1) is 16.1. The molecule has 1 aromatic carbocycles. The van der Waals surface area contributed by atoms with Gasteiger partial charge in [0.15, 0.2) is 0 Å². The van der Waals surface area contributed by atoms with Crippen molar-refractivity contribution in [3.63, 3.8) is 0 Å². The summed E-state index contributed by atoms with van der Waals surface area (Å²) in [5.74, 6) is 1.01. The Labute approximate surface area is 127 Å². The molecule has 1 atom stereocenters. The number of nitrogens with zero attached hydrogens (tertiary/aromatic N) is 1. The first-order valence-electron chi connectivity index (χ1n) is 6.41. The third-order valence-electron chi connectivity index (χ3n) is 3.43. The van der Waals surface area contributed by atoms with Crippen molar-refractivity contribution in [3.8, 4) is 0 Å². The average Bonchev–Trinajstić information content (AvgIpc) is 2.84. The van der Waals surface area contributed by atoms with Gasteiger partial charge in [-0.3, -0.25) is 10.1 Å². The number of sulfonamides is 1. The van der Waals surface area contributed by atoms with Crippen LogP contribution in [0.5, 0.6) is 0 Å². The number of nitrogen functional groups attached to an aromatic ring is 1. The Bertz CT molecular complexity index is 654. The predicted molar refractivity (Wildman–Crippen MR) is 82.8 cm³/mol. The highest BCUT2D eigenvalue weighted by Gasteiger charge is 2.31. The van der Waals surface area contributed by atoms with Gasteiger partial charge in [-0.05, 0) is 31.6 Å². The Morgan fingerprint density at radius 3 is 2.81 bits per heavy atom. The van der Waals surface area contributed by atoms with Gasteiger partial charge in [-0.2, -0.15) is 11.8 Å². The number of nitro groups is 1. The zero-order valence-corrected chi connectivity index (χ0v) is 13.2. The van der Waals surface area contributed by atoms with Gasteiger partial charge in [-0.15, -0.1) is 0 Å². The summed E-state index contributed by atoms with van der Waals surface area (Å²) >= 11 is 1.73. The Hall–Kier alpha value is -1.32. The van der Waals surface area contributed by atoms with Crippen LogP contribution in [0.25, 0.3) is 0 Å². The summed E-state index contributed by atoms with van der Waals surface area (Å²) in [7, 11) is -3.87. The molecule has 0 spiro atoms. The third-order valence-corrected chi connectivity index (χ3v) is 6.43. The lowest BCUT2D eigenvalue weighted by molar-refractivity contribution is -0.385. The normalized spacial score (nSPS) is 22.3. The minimum Gasteiger partial charge on any atom is -0.398 e. The van der Waals surface area contributed by atoms with Gasteiger partial charge >= 0.3 is 0 Å². The lowest BCUT2D eigenvalue weighted by atomic mass is 10.1. The Morgan fingerprint density at radius 2 is 2.24 bits per heavy atom. The minimum absolute atomic E-state index is 0.00247. The number of thioether (sulfide) groups is 1. The Balaban J connectivity index is 2.23. The topological polar surface area (TPSA) is 115 Å². The van der Waals surface area contributed by atoms with Crippen molar-refractivity contribution in [2.24, 2.45) is 0 Å². The maximum atomic E-state index is 12.3. The Kier molecular flexibility index (Phi) is 4.45. The van der Waals surface area contributed by atoms with Crippen LogP contribution in [-0.2, 0) is 10.0 Å². The summed E-state index contributed by atoms with van der Waals surface area (Å²) in [5.41, 5.74) is 5.34. The van der Waals surface area contributed by atoms with Crippen molar-refractivity contribution in [1.82, 2.24) is 4.72 Å². The van der Waals surface area contributed by atoms with E-state index in [-0.39, 0.29) is 27.6 Å². The molecule has 0 amide bonds. The molecule has 2 rings (SSSR count). The van der Waals surface area contributed by atoms with E-state index in [0.717, 1.165) is 24.7 Å². The van der Waals surface area contributed by atoms with Crippen molar-refractivity contribution >= 4 is 33.2 Å². The number of nitrogens with two attached hydrogens (primary N) is 1. The summed E-state index contributed by atoms with van der Waals surface area (Å²) in [6, 6.07) is 3.41. The summed E-state index contributed by atoms with van der Waals surface area (Å²) < 4.78 is 27.0. The monoisotopic (exact) mass is 331 g/mol. The fourth-order valence-electron chi connectivity index (χ4n) is 2.17. The summed E-state index contributed by atoms with van der Waals surface area (Å²) in [4.78, 5) is 9.86. The smallest absolute Gasteiger partial charge is 0.270 e. The molecule has 0 saturated carbocycles. The lowest BCUT2D eigenvalue weighted by Crippen LogP contribution is -2.37. The zero-order chi connectivity index (χ0) is 15.7. The number of hydrogen-bond acceptors (Lipinski definition) is 6. The predicted octanol–water partition coefficient (Wildman–Crippen LogP) is 1.74. The first-order valence-corrected chi connectivity index (χ1v) is 8.88. The molecule has 7 nitrogen and oxygen atoms in total. The van der Waals surface area contributed by atoms with E-state index in [1.54, 1.807) is 11.8 Å². The molecule has 0 radical (unpaired) electrons. The zero-order valence-electron chi connectivity index (χ0n) is 11.5. The van der Waals surface area contributed by atoms with Crippen LogP contribution in [0.15, 0.2) is 23.1 Å². The molecule has 0 bridgehead atoms. The molecule has 1 heterocycles. The van der Waals surface area contributed by atoms with Crippen molar-refractivity contribution in [1.29, 1.82) is 0 Å². The molecule has 3 N–H and O–H groups in total. The van der Waals surface area contributed by atoms with E-state index >= 15 is 0 Å². The van der Waals surface area contributed by atoms with Crippen LogP contribution in [0.2, 0.25) is 0 Å². The molecule has 116 valence electrons. The van der Waals surface area contributed by atoms with Crippen LogP contribution in [-0.4, -0.2) is 30.4 Å². The molecule has 1 aliphatic rings. The number of nitrogens with one attached hydrogen (secondary N) is 1. The summed E-state index contributed by atoms with van der Waals surface area (Å²) in [5, 5.41) is 10.8. The van der Waals surface area contributed by atoms with Crippen LogP contribution in [0.4, 0.5) is 11.4 Å². The van der Waals surface area contributed by atoms with Crippen molar-refractivity contribution in [2.45, 2.75) is 29.4 Å². The fourth-order valence-corrected chi connectivity index (χ4v) is 4.83. The summed E-state index contributed by atoms with van der Waals surface area (Å²) in [6.07, 6.45) is 1.99. The Morgan fingerprint density at radius 1 is 1.52 bits per heavy atom. The third kappa shape index (κ3) is 3.66. The van der Waals surface area contributed by atoms with Gasteiger partial charge < -0.3 is 5.73 Å². The van der Waals surface area contributed by atoms with Crippen molar-refractivity contribution in [3.05, 3.63) is 28.3 Å².